The Kier molecular flexibility index (Phi) is 2.72. The molecule has 80 valence electrons. The molecule has 0 bridgehead atoms. The zero-order chi connectivity index (χ0) is 11.1. The third-order valence-electron chi connectivity index (χ3n) is 2.09. The molecule has 0 unspecified atom stereocenters. The van der Waals surface area contributed by atoms with Crippen LogP contribution in [0.15, 0.2) is 24.3 Å². The van der Waals surface area contributed by atoms with Crippen molar-refractivity contribution in [3.8, 4) is 0 Å². The van der Waals surface area contributed by atoms with Crippen LogP contribution < -0.4 is 4.90 Å². The summed E-state index contributed by atoms with van der Waals surface area (Å²) in [5.41, 5.74) is 0.646. The molecule has 6 heteroatoms. The van der Waals surface area contributed by atoms with Crippen molar-refractivity contribution in [3.63, 3.8) is 0 Å². The number of anilines is 1. The molecule has 1 heterocycles. The second-order valence-electron chi connectivity index (χ2n) is 3.32. The van der Waals surface area contributed by atoms with Gasteiger partial charge in [0.2, 0.25) is 5.91 Å². The Morgan fingerprint density at radius 2 is 2.07 bits per heavy atom. The summed E-state index contributed by atoms with van der Waals surface area (Å²) < 4.78 is 23.5. The first-order valence-electron chi connectivity index (χ1n) is 4.24. The molecule has 4 nitrogen and oxygen atoms in total. The van der Waals surface area contributed by atoms with E-state index in [2.05, 4.69) is 22.6 Å². The number of hydrogen-bond donors (Lipinski definition) is 0. The highest BCUT2D eigenvalue weighted by atomic mass is 127. The SMILES string of the molecule is O=C1CS(=O)(=O)CN1c1cccc(I)c1. The van der Waals surface area contributed by atoms with Gasteiger partial charge in [-0.3, -0.25) is 9.69 Å². The average molecular weight is 337 g/mol. The fourth-order valence-electron chi connectivity index (χ4n) is 1.44. The first kappa shape index (κ1) is 10.9. The zero-order valence-electron chi connectivity index (χ0n) is 7.68. The third-order valence-corrected chi connectivity index (χ3v) is 4.10. The molecule has 1 aromatic rings. The van der Waals surface area contributed by atoms with Crippen LogP contribution in [0.1, 0.15) is 0 Å². The standard InChI is InChI=1S/C9H8INO3S/c10-7-2-1-3-8(4-7)11-6-15(13,14)5-9(11)12/h1-4H,5-6H2. The highest BCUT2D eigenvalue weighted by Gasteiger charge is 2.33. The Morgan fingerprint density at radius 1 is 1.33 bits per heavy atom. The van der Waals surface area contributed by atoms with Gasteiger partial charge in [0.15, 0.2) is 9.84 Å². The molecule has 1 fully saturated rings. The molecule has 0 aromatic heterocycles. The summed E-state index contributed by atoms with van der Waals surface area (Å²) in [7, 11) is -3.23. The number of nitrogens with zero attached hydrogens (tertiary/aromatic N) is 1. The Morgan fingerprint density at radius 3 is 2.60 bits per heavy atom. The van der Waals surface area contributed by atoms with Gasteiger partial charge in [-0.25, -0.2) is 8.42 Å². The van der Waals surface area contributed by atoms with E-state index >= 15 is 0 Å². The van der Waals surface area contributed by atoms with Gasteiger partial charge in [0.05, 0.1) is 0 Å². The van der Waals surface area contributed by atoms with E-state index in [9.17, 15) is 13.2 Å². The summed E-state index contributed by atoms with van der Waals surface area (Å²) in [6.45, 7) is 0. The van der Waals surface area contributed by atoms with Crippen molar-refractivity contribution in [2.75, 3.05) is 16.5 Å². The topological polar surface area (TPSA) is 54.5 Å². The summed E-state index contributed by atoms with van der Waals surface area (Å²) in [4.78, 5) is 12.7. The van der Waals surface area contributed by atoms with Crippen LogP contribution >= 0.6 is 22.6 Å². The Balaban J connectivity index is 2.37. The lowest BCUT2D eigenvalue weighted by Gasteiger charge is -2.13. The van der Waals surface area contributed by atoms with Gasteiger partial charge in [0.1, 0.15) is 11.6 Å². The summed E-state index contributed by atoms with van der Waals surface area (Å²) in [6.07, 6.45) is 0. The van der Waals surface area contributed by atoms with Crippen molar-refractivity contribution in [1.82, 2.24) is 0 Å². The van der Waals surface area contributed by atoms with Gasteiger partial charge in [-0.2, -0.15) is 0 Å². The lowest BCUT2D eigenvalue weighted by molar-refractivity contribution is -0.115. The van der Waals surface area contributed by atoms with E-state index < -0.39 is 9.84 Å². The largest absolute Gasteiger partial charge is 0.297 e. The predicted molar refractivity (Wildman–Crippen MR) is 65.3 cm³/mol. The summed E-state index contributed by atoms with van der Waals surface area (Å²) in [5.74, 6) is -0.929. The monoisotopic (exact) mass is 337 g/mol. The molecule has 0 saturated carbocycles. The number of sulfone groups is 1. The van der Waals surface area contributed by atoms with Gasteiger partial charge in [0, 0.05) is 9.26 Å². The van der Waals surface area contributed by atoms with Crippen LogP contribution in [-0.2, 0) is 14.6 Å². The van der Waals surface area contributed by atoms with Crippen molar-refractivity contribution >= 4 is 44.0 Å². The summed E-state index contributed by atoms with van der Waals surface area (Å²) in [5, 5.41) is 0. The minimum absolute atomic E-state index is 0.202. The normalized spacial score (nSPS) is 19.5. The summed E-state index contributed by atoms with van der Waals surface area (Å²) in [6, 6.07) is 7.22. The van der Waals surface area contributed by atoms with Crippen LogP contribution in [0.4, 0.5) is 5.69 Å². The molecule has 1 amide bonds. The van der Waals surface area contributed by atoms with Crippen LogP contribution in [-0.4, -0.2) is 26.0 Å². The molecular formula is C9H8INO3S. The second-order valence-corrected chi connectivity index (χ2v) is 6.60. The highest BCUT2D eigenvalue weighted by molar-refractivity contribution is 14.1. The van der Waals surface area contributed by atoms with Gasteiger partial charge in [-0.15, -0.1) is 0 Å². The van der Waals surface area contributed by atoms with E-state index in [-0.39, 0.29) is 17.5 Å². The van der Waals surface area contributed by atoms with E-state index in [1.165, 1.54) is 4.90 Å². The van der Waals surface area contributed by atoms with Crippen molar-refractivity contribution in [3.05, 3.63) is 27.8 Å². The van der Waals surface area contributed by atoms with Gasteiger partial charge in [-0.05, 0) is 40.8 Å². The van der Waals surface area contributed by atoms with Crippen molar-refractivity contribution in [2.45, 2.75) is 0 Å². The fourth-order valence-corrected chi connectivity index (χ4v) is 3.28. The number of rotatable bonds is 1. The molecule has 0 radical (unpaired) electrons. The fraction of sp³-hybridized carbons (Fsp3) is 0.222. The Labute approximate surface area is 101 Å². The first-order chi connectivity index (χ1) is 6.98. The van der Waals surface area contributed by atoms with Crippen LogP contribution in [0.2, 0.25) is 0 Å². The predicted octanol–water partition coefficient (Wildman–Crippen LogP) is 1.01. The highest BCUT2D eigenvalue weighted by Crippen LogP contribution is 2.22. The van der Waals surface area contributed by atoms with Crippen molar-refractivity contribution in [1.29, 1.82) is 0 Å². The van der Waals surface area contributed by atoms with Gasteiger partial charge in [0.25, 0.3) is 0 Å². The van der Waals surface area contributed by atoms with Crippen molar-refractivity contribution in [2.24, 2.45) is 0 Å². The van der Waals surface area contributed by atoms with Gasteiger partial charge < -0.3 is 0 Å². The minimum Gasteiger partial charge on any atom is -0.297 e. The van der Waals surface area contributed by atoms with Crippen molar-refractivity contribution < 1.29 is 13.2 Å². The Hall–Kier alpha value is -0.630. The maximum atomic E-state index is 11.4. The number of hydrogen-bond acceptors (Lipinski definition) is 3. The van der Waals surface area contributed by atoms with Gasteiger partial charge in [-0.1, -0.05) is 6.07 Å². The molecular weight excluding hydrogens is 329 g/mol. The van der Waals surface area contributed by atoms with Gasteiger partial charge >= 0.3 is 0 Å². The second kappa shape index (κ2) is 3.75. The molecule has 1 aliphatic heterocycles. The number of amides is 1. The Bertz CT molecular complexity index is 512. The van der Waals surface area contributed by atoms with E-state index in [0.717, 1.165) is 3.57 Å². The molecule has 15 heavy (non-hydrogen) atoms. The molecule has 0 aliphatic carbocycles. The molecule has 1 aliphatic rings. The molecule has 1 saturated heterocycles. The van der Waals surface area contributed by atoms with E-state index in [1.807, 2.05) is 6.07 Å². The van der Waals surface area contributed by atoms with Crippen LogP contribution in [0, 0.1) is 3.57 Å². The molecule has 0 N–H and O–H groups in total. The number of halogens is 1. The van der Waals surface area contributed by atoms with E-state index in [4.69, 9.17) is 0 Å². The third kappa shape index (κ3) is 2.31. The minimum atomic E-state index is -3.23. The first-order valence-corrected chi connectivity index (χ1v) is 7.14. The van der Waals surface area contributed by atoms with Crippen LogP contribution in [0.3, 0.4) is 0 Å². The van der Waals surface area contributed by atoms with Crippen LogP contribution in [0.25, 0.3) is 0 Å². The molecule has 0 spiro atoms. The molecule has 0 atom stereocenters. The zero-order valence-corrected chi connectivity index (χ0v) is 10.7. The van der Waals surface area contributed by atoms with Crippen LogP contribution in [0.5, 0.6) is 0 Å². The average Bonchev–Trinajstić information content (AvgIpc) is 2.40. The number of carbonyl (C=O) groups is 1. The van der Waals surface area contributed by atoms with E-state index in [0.29, 0.717) is 5.69 Å². The maximum Gasteiger partial charge on any atom is 0.243 e. The smallest absolute Gasteiger partial charge is 0.243 e. The maximum absolute atomic E-state index is 11.4. The lowest BCUT2D eigenvalue weighted by Crippen LogP contribution is -2.25. The molecule has 1 aromatic carbocycles. The number of carbonyl (C=O) groups excluding carboxylic acids is 1. The summed E-state index contributed by atoms with van der Waals surface area (Å²) >= 11 is 2.12. The molecule has 2 rings (SSSR count). The quantitative estimate of drug-likeness (QED) is 0.719. The lowest BCUT2D eigenvalue weighted by atomic mass is 10.3. The van der Waals surface area contributed by atoms with E-state index in [1.54, 1.807) is 18.2 Å². The number of benzene rings is 1.